The van der Waals surface area contributed by atoms with Crippen molar-refractivity contribution in [2.75, 3.05) is 0 Å². The van der Waals surface area contributed by atoms with Crippen LogP contribution in [0.15, 0.2) is 197 Å². The first-order valence-corrected chi connectivity index (χ1v) is 18.7. The molecule has 0 bridgehead atoms. The molecule has 11 aromatic rings. The van der Waals surface area contributed by atoms with Crippen molar-refractivity contribution in [3.8, 4) is 67.3 Å². The summed E-state index contributed by atoms with van der Waals surface area (Å²) in [5.74, 6) is 0.637. The standard InChI is InChI=1S/C51H31N3O2/c1-2-12-32(13-3-1)45-30-46(54-51(53-45)34-15-8-14-33(26-34)35-16-11-25-52-31-35)38-28-36(39-19-9-21-43-41-17-4-6-23-47(41)55-49(39)43)27-37(29-38)40-20-10-22-44-42-18-5-7-24-48(42)56-50(40)44/h1-31H. The maximum atomic E-state index is 6.59. The highest BCUT2D eigenvalue weighted by Gasteiger charge is 2.19. The Labute approximate surface area is 322 Å². The molecule has 0 saturated carbocycles. The van der Waals surface area contributed by atoms with Gasteiger partial charge in [0.05, 0.1) is 11.4 Å². The summed E-state index contributed by atoms with van der Waals surface area (Å²) in [7, 11) is 0. The lowest BCUT2D eigenvalue weighted by Crippen LogP contribution is -1.97. The molecule has 0 radical (unpaired) electrons. The number of nitrogens with zero attached hydrogens (tertiary/aromatic N) is 3. The molecule has 0 N–H and O–H groups in total. The van der Waals surface area contributed by atoms with Crippen molar-refractivity contribution in [3.05, 3.63) is 188 Å². The summed E-state index contributed by atoms with van der Waals surface area (Å²) in [6.07, 6.45) is 3.67. The van der Waals surface area contributed by atoms with Crippen LogP contribution in [0.2, 0.25) is 0 Å². The van der Waals surface area contributed by atoms with Crippen molar-refractivity contribution >= 4 is 43.9 Å². The second-order valence-electron chi connectivity index (χ2n) is 14.0. The zero-order chi connectivity index (χ0) is 37.0. The molecule has 0 fully saturated rings. The Balaban J connectivity index is 1.17. The van der Waals surface area contributed by atoms with E-state index in [9.17, 15) is 0 Å². The number of pyridine rings is 1. The van der Waals surface area contributed by atoms with Crippen LogP contribution in [0, 0.1) is 0 Å². The molecule has 0 spiro atoms. The van der Waals surface area contributed by atoms with E-state index in [4.69, 9.17) is 18.8 Å². The van der Waals surface area contributed by atoms with Crippen LogP contribution in [0.4, 0.5) is 0 Å². The van der Waals surface area contributed by atoms with Crippen LogP contribution in [-0.4, -0.2) is 15.0 Å². The fourth-order valence-electron chi connectivity index (χ4n) is 7.89. The molecule has 0 aliphatic rings. The Hall–Kier alpha value is -7.63. The van der Waals surface area contributed by atoms with Crippen molar-refractivity contribution in [1.82, 2.24) is 15.0 Å². The molecule has 0 amide bonds. The third kappa shape index (κ3) is 5.45. The highest BCUT2D eigenvalue weighted by Crippen LogP contribution is 2.42. The van der Waals surface area contributed by atoms with Gasteiger partial charge in [-0.3, -0.25) is 4.98 Å². The fourth-order valence-corrected chi connectivity index (χ4v) is 7.89. The molecule has 56 heavy (non-hydrogen) atoms. The van der Waals surface area contributed by atoms with Crippen LogP contribution in [0.1, 0.15) is 0 Å². The van der Waals surface area contributed by atoms with Crippen molar-refractivity contribution in [3.63, 3.8) is 0 Å². The number of para-hydroxylation sites is 4. The first kappa shape index (κ1) is 31.9. The van der Waals surface area contributed by atoms with Gasteiger partial charge < -0.3 is 8.83 Å². The zero-order valence-electron chi connectivity index (χ0n) is 30.1. The molecule has 7 aromatic carbocycles. The summed E-state index contributed by atoms with van der Waals surface area (Å²) in [5.41, 5.74) is 14.0. The Morgan fingerprint density at radius 2 is 0.839 bits per heavy atom. The minimum atomic E-state index is 0.637. The fraction of sp³-hybridized carbons (Fsp3) is 0. The van der Waals surface area contributed by atoms with Crippen molar-refractivity contribution in [2.24, 2.45) is 0 Å². The molecule has 262 valence electrons. The molecule has 4 aromatic heterocycles. The Kier molecular flexibility index (Phi) is 7.42. The minimum Gasteiger partial charge on any atom is -0.455 e. The van der Waals surface area contributed by atoms with Gasteiger partial charge in [0, 0.05) is 67.3 Å². The van der Waals surface area contributed by atoms with E-state index in [-0.39, 0.29) is 0 Å². The van der Waals surface area contributed by atoms with Crippen LogP contribution in [0.3, 0.4) is 0 Å². The third-order valence-electron chi connectivity index (χ3n) is 10.6. The van der Waals surface area contributed by atoms with Gasteiger partial charge in [0.15, 0.2) is 5.82 Å². The Morgan fingerprint density at radius 1 is 0.339 bits per heavy atom. The van der Waals surface area contributed by atoms with Crippen LogP contribution in [0.25, 0.3) is 111 Å². The minimum absolute atomic E-state index is 0.637. The van der Waals surface area contributed by atoms with Gasteiger partial charge in [0.2, 0.25) is 0 Å². The molecule has 5 nitrogen and oxygen atoms in total. The van der Waals surface area contributed by atoms with Crippen molar-refractivity contribution < 1.29 is 8.83 Å². The predicted octanol–water partition coefficient (Wildman–Crippen LogP) is 13.7. The lowest BCUT2D eigenvalue weighted by atomic mass is 9.93. The number of benzene rings is 7. The van der Waals surface area contributed by atoms with Gasteiger partial charge in [-0.15, -0.1) is 0 Å². The van der Waals surface area contributed by atoms with E-state index >= 15 is 0 Å². The van der Waals surface area contributed by atoms with Crippen LogP contribution < -0.4 is 0 Å². The third-order valence-corrected chi connectivity index (χ3v) is 10.6. The average Bonchev–Trinajstić information content (AvgIpc) is 3.86. The smallest absolute Gasteiger partial charge is 0.160 e. The second kappa shape index (κ2) is 13.0. The highest BCUT2D eigenvalue weighted by molar-refractivity contribution is 6.11. The molecule has 0 unspecified atom stereocenters. The van der Waals surface area contributed by atoms with E-state index in [1.165, 1.54) is 0 Å². The average molecular weight is 718 g/mol. The van der Waals surface area contributed by atoms with E-state index in [0.717, 1.165) is 105 Å². The highest BCUT2D eigenvalue weighted by atomic mass is 16.3. The molecule has 0 saturated heterocycles. The molecule has 11 rings (SSSR count). The summed E-state index contributed by atoms with van der Waals surface area (Å²) in [6, 6.07) is 60.6. The van der Waals surface area contributed by atoms with E-state index in [1.807, 2.05) is 54.7 Å². The van der Waals surface area contributed by atoms with E-state index in [0.29, 0.717) is 5.82 Å². The molecule has 4 heterocycles. The SMILES string of the molecule is c1ccc(-c2cc(-c3cc(-c4cccc5c4oc4ccccc45)cc(-c4cccc5c4oc4ccccc45)c3)nc(-c3cccc(-c4cccnc4)c3)n2)cc1. The second-order valence-corrected chi connectivity index (χ2v) is 14.0. The molecule has 0 aliphatic heterocycles. The first-order chi connectivity index (χ1) is 27.7. The molecular weight excluding hydrogens is 687 g/mol. The van der Waals surface area contributed by atoms with Gasteiger partial charge >= 0.3 is 0 Å². The summed E-state index contributed by atoms with van der Waals surface area (Å²) in [5, 5.41) is 4.34. The number of furan rings is 2. The van der Waals surface area contributed by atoms with Gasteiger partial charge in [-0.05, 0) is 65.2 Å². The summed E-state index contributed by atoms with van der Waals surface area (Å²) >= 11 is 0. The van der Waals surface area contributed by atoms with Gasteiger partial charge in [-0.25, -0.2) is 9.97 Å². The maximum Gasteiger partial charge on any atom is 0.160 e. The van der Waals surface area contributed by atoms with Crippen molar-refractivity contribution in [2.45, 2.75) is 0 Å². The number of hydrogen-bond donors (Lipinski definition) is 0. The Morgan fingerprint density at radius 3 is 1.48 bits per heavy atom. The normalized spacial score (nSPS) is 11.6. The van der Waals surface area contributed by atoms with Gasteiger partial charge in [0.1, 0.15) is 22.3 Å². The molecule has 5 heteroatoms. The summed E-state index contributed by atoms with van der Waals surface area (Å²) in [4.78, 5) is 14.8. The van der Waals surface area contributed by atoms with Crippen LogP contribution >= 0.6 is 0 Å². The van der Waals surface area contributed by atoms with E-state index in [2.05, 4.69) is 132 Å². The van der Waals surface area contributed by atoms with Crippen molar-refractivity contribution in [1.29, 1.82) is 0 Å². The predicted molar refractivity (Wildman–Crippen MR) is 227 cm³/mol. The first-order valence-electron chi connectivity index (χ1n) is 18.7. The topological polar surface area (TPSA) is 65.0 Å². The van der Waals surface area contributed by atoms with Crippen LogP contribution in [-0.2, 0) is 0 Å². The quantitative estimate of drug-likeness (QED) is 0.171. The van der Waals surface area contributed by atoms with E-state index < -0.39 is 0 Å². The number of hydrogen-bond acceptors (Lipinski definition) is 5. The zero-order valence-corrected chi connectivity index (χ0v) is 30.1. The van der Waals surface area contributed by atoms with Gasteiger partial charge in [-0.1, -0.05) is 127 Å². The van der Waals surface area contributed by atoms with Gasteiger partial charge in [-0.2, -0.15) is 0 Å². The number of aromatic nitrogens is 3. The lowest BCUT2D eigenvalue weighted by Gasteiger charge is -2.14. The lowest BCUT2D eigenvalue weighted by molar-refractivity contribution is 0.670. The monoisotopic (exact) mass is 717 g/mol. The van der Waals surface area contributed by atoms with E-state index in [1.54, 1.807) is 6.20 Å². The van der Waals surface area contributed by atoms with Gasteiger partial charge in [0.25, 0.3) is 0 Å². The summed E-state index contributed by atoms with van der Waals surface area (Å²) in [6.45, 7) is 0. The number of rotatable bonds is 6. The molecular formula is C51H31N3O2. The molecule has 0 aliphatic carbocycles. The summed E-state index contributed by atoms with van der Waals surface area (Å²) < 4.78 is 13.2. The Bertz CT molecular complexity index is 3120. The van der Waals surface area contributed by atoms with Crippen LogP contribution in [0.5, 0.6) is 0 Å². The molecule has 0 atom stereocenters. The maximum absolute atomic E-state index is 6.59. The number of fused-ring (bicyclic) bond motifs is 6. The largest absolute Gasteiger partial charge is 0.455 e.